The molecule has 1 aromatic rings. The van der Waals surface area contributed by atoms with Gasteiger partial charge >= 0.3 is 0 Å². The Labute approximate surface area is 111 Å². The van der Waals surface area contributed by atoms with E-state index in [9.17, 15) is 4.39 Å². The topological polar surface area (TPSA) is 12.0 Å². The fourth-order valence-corrected chi connectivity index (χ4v) is 3.81. The first-order valence-electron chi connectivity index (χ1n) is 5.79. The largest absolute Gasteiger partial charge is 0.377 e. The first kappa shape index (κ1) is 13.0. The van der Waals surface area contributed by atoms with E-state index in [1.807, 2.05) is 11.8 Å². The van der Waals surface area contributed by atoms with Crippen molar-refractivity contribution in [2.45, 2.75) is 26.3 Å². The molecule has 1 saturated heterocycles. The van der Waals surface area contributed by atoms with Crippen LogP contribution in [0.3, 0.4) is 0 Å². The molecule has 0 amide bonds. The van der Waals surface area contributed by atoms with Crippen LogP contribution >= 0.6 is 23.4 Å². The van der Waals surface area contributed by atoms with Crippen LogP contribution in [0.1, 0.15) is 20.3 Å². The first-order chi connectivity index (χ1) is 8.00. The lowest BCUT2D eigenvalue weighted by Crippen LogP contribution is -2.41. The predicted molar refractivity (Wildman–Crippen MR) is 74.5 cm³/mol. The van der Waals surface area contributed by atoms with Crippen LogP contribution in [-0.2, 0) is 0 Å². The van der Waals surface area contributed by atoms with Gasteiger partial charge in [0.25, 0.3) is 0 Å². The predicted octanol–water partition coefficient (Wildman–Crippen LogP) is 4.42. The molecule has 94 valence electrons. The summed E-state index contributed by atoms with van der Waals surface area (Å²) in [6, 6.07) is 5.05. The van der Waals surface area contributed by atoms with Crippen molar-refractivity contribution < 1.29 is 4.39 Å². The highest BCUT2D eigenvalue weighted by Crippen LogP contribution is 2.37. The summed E-state index contributed by atoms with van der Waals surface area (Å²) >= 11 is 7.94. The quantitative estimate of drug-likeness (QED) is 0.856. The van der Waals surface area contributed by atoms with Gasteiger partial charge in [-0.15, -0.1) is 0 Å². The van der Waals surface area contributed by atoms with Gasteiger partial charge in [-0.2, -0.15) is 11.8 Å². The normalized spacial score (nSPS) is 23.4. The summed E-state index contributed by atoms with van der Waals surface area (Å²) in [5.74, 6) is 1.90. The second-order valence-electron chi connectivity index (χ2n) is 5.11. The Hall–Kier alpha value is -0.410. The third-order valence-electron chi connectivity index (χ3n) is 3.40. The number of thioether (sulfide) groups is 1. The summed E-state index contributed by atoms with van der Waals surface area (Å²) in [6.07, 6.45) is 1.14. The molecule has 17 heavy (non-hydrogen) atoms. The molecule has 1 unspecified atom stereocenters. The molecule has 0 aliphatic carbocycles. The summed E-state index contributed by atoms with van der Waals surface area (Å²) in [5.41, 5.74) is 0.617. The van der Waals surface area contributed by atoms with Gasteiger partial charge in [-0.1, -0.05) is 31.5 Å². The van der Waals surface area contributed by atoms with E-state index in [0.717, 1.165) is 12.2 Å². The van der Waals surface area contributed by atoms with Crippen LogP contribution in [0.2, 0.25) is 5.02 Å². The number of para-hydroxylation sites is 1. The van der Waals surface area contributed by atoms with E-state index in [-0.39, 0.29) is 17.3 Å². The van der Waals surface area contributed by atoms with E-state index >= 15 is 0 Å². The summed E-state index contributed by atoms with van der Waals surface area (Å²) in [5, 5.41) is 3.73. The molecule has 1 aliphatic rings. The monoisotopic (exact) mass is 273 g/mol. The molecular weight excluding hydrogens is 257 g/mol. The molecule has 1 heterocycles. The lowest BCUT2D eigenvalue weighted by atomic mass is 9.82. The van der Waals surface area contributed by atoms with E-state index in [1.54, 1.807) is 12.1 Å². The first-order valence-corrected chi connectivity index (χ1v) is 7.32. The van der Waals surface area contributed by atoms with Crippen molar-refractivity contribution in [3.8, 4) is 0 Å². The maximum absolute atomic E-state index is 13.7. The Kier molecular flexibility index (Phi) is 3.88. The number of hydrogen-bond donors (Lipinski definition) is 1. The van der Waals surface area contributed by atoms with Crippen molar-refractivity contribution >= 4 is 29.1 Å². The molecule has 0 spiro atoms. The van der Waals surface area contributed by atoms with Gasteiger partial charge in [0.15, 0.2) is 0 Å². The Morgan fingerprint density at radius 2 is 2.24 bits per heavy atom. The molecular formula is C13H17ClFNS. The highest BCUT2D eigenvalue weighted by atomic mass is 35.5. The highest BCUT2D eigenvalue weighted by Gasteiger charge is 2.33. The SMILES string of the molecule is CC1(C)CCSCC1Nc1c(F)cccc1Cl. The van der Waals surface area contributed by atoms with E-state index < -0.39 is 0 Å². The fourth-order valence-electron chi connectivity index (χ4n) is 1.98. The Morgan fingerprint density at radius 1 is 1.47 bits per heavy atom. The average Bonchev–Trinajstić information content (AvgIpc) is 2.25. The summed E-state index contributed by atoms with van der Waals surface area (Å²) in [4.78, 5) is 0. The third-order valence-corrected chi connectivity index (χ3v) is 4.78. The Morgan fingerprint density at radius 3 is 2.88 bits per heavy atom. The maximum Gasteiger partial charge on any atom is 0.147 e. The lowest BCUT2D eigenvalue weighted by Gasteiger charge is -2.39. The number of rotatable bonds is 2. The minimum Gasteiger partial charge on any atom is -0.377 e. The molecule has 2 rings (SSSR count). The second kappa shape index (κ2) is 5.07. The zero-order valence-electron chi connectivity index (χ0n) is 10.1. The molecule has 0 aromatic heterocycles. The van der Waals surface area contributed by atoms with Crippen LogP contribution in [0.4, 0.5) is 10.1 Å². The van der Waals surface area contributed by atoms with Crippen LogP contribution in [0.25, 0.3) is 0 Å². The standard InChI is InChI=1S/C13H17ClFNS/c1-13(2)6-7-17-8-11(13)16-12-9(14)4-3-5-10(12)15/h3-5,11,16H,6-8H2,1-2H3. The maximum atomic E-state index is 13.7. The number of nitrogens with one attached hydrogen (secondary N) is 1. The van der Waals surface area contributed by atoms with Gasteiger partial charge in [0.1, 0.15) is 5.82 Å². The summed E-state index contributed by atoms with van der Waals surface area (Å²) < 4.78 is 13.7. The van der Waals surface area contributed by atoms with E-state index in [4.69, 9.17) is 11.6 Å². The van der Waals surface area contributed by atoms with Crippen molar-refractivity contribution in [2.75, 3.05) is 16.8 Å². The van der Waals surface area contributed by atoms with Gasteiger partial charge in [0, 0.05) is 11.8 Å². The molecule has 0 saturated carbocycles. The van der Waals surface area contributed by atoms with Crippen molar-refractivity contribution in [3.05, 3.63) is 29.0 Å². The van der Waals surface area contributed by atoms with E-state index in [2.05, 4.69) is 19.2 Å². The molecule has 0 bridgehead atoms. The van der Waals surface area contributed by atoms with Gasteiger partial charge in [-0.3, -0.25) is 0 Å². The molecule has 4 heteroatoms. The van der Waals surface area contributed by atoms with Crippen molar-refractivity contribution in [3.63, 3.8) is 0 Å². The smallest absolute Gasteiger partial charge is 0.147 e. The summed E-state index contributed by atoms with van der Waals surface area (Å²) in [6.45, 7) is 4.44. The number of hydrogen-bond acceptors (Lipinski definition) is 2. The van der Waals surface area contributed by atoms with Gasteiger partial charge in [-0.25, -0.2) is 4.39 Å². The van der Waals surface area contributed by atoms with Gasteiger partial charge in [-0.05, 0) is 29.7 Å². The van der Waals surface area contributed by atoms with Crippen LogP contribution in [0.5, 0.6) is 0 Å². The molecule has 0 radical (unpaired) electrons. The molecule has 1 fully saturated rings. The van der Waals surface area contributed by atoms with Crippen molar-refractivity contribution in [1.82, 2.24) is 0 Å². The molecule has 1 atom stereocenters. The van der Waals surface area contributed by atoms with Gasteiger partial charge < -0.3 is 5.32 Å². The minimum atomic E-state index is -0.274. The van der Waals surface area contributed by atoms with Crippen molar-refractivity contribution in [2.24, 2.45) is 5.41 Å². The second-order valence-corrected chi connectivity index (χ2v) is 6.66. The highest BCUT2D eigenvalue weighted by molar-refractivity contribution is 7.99. The van der Waals surface area contributed by atoms with Crippen molar-refractivity contribution in [1.29, 1.82) is 0 Å². The Balaban J connectivity index is 2.20. The average molecular weight is 274 g/mol. The zero-order chi connectivity index (χ0) is 12.5. The van der Waals surface area contributed by atoms with Gasteiger partial charge in [0.2, 0.25) is 0 Å². The summed E-state index contributed by atoms with van der Waals surface area (Å²) in [7, 11) is 0. The molecule has 1 nitrogen and oxygen atoms in total. The zero-order valence-corrected chi connectivity index (χ0v) is 11.7. The fraction of sp³-hybridized carbons (Fsp3) is 0.538. The molecule has 1 N–H and O–H groups in total. The third kappa shape index (κ3) is 2.89. The Bertz CT molecular complexity index is 388. The number of benzene rings is 1. The molecule has 1 aliphatic heterocycles. The van der Waals surface area contributed by atoms with Crippen LogP contribution in [0.15, 0.2) is 18.2 Å². The minimum absolute atomic E-state index is 0.177. The lowest BCUT2D eigenvalue weighted by molar-refractivity contribution is 0.304. The van der Waals surface area contributed by atoms with Crippen LogP contribution in [-0.4, -0.2) is 17.5 Å². The van der Waals surface area contributed by atoms with E-state index in [0.29, 0.717) is 10.7 Å². The van der Waals surface area contributed by atoms with Gasteiger partial charge in [0.05, 0.1) is 10.7 Å². The number of halogens is 2. The number of anilines is 1. The van der Waals surface area contributed by atoms with Crippen LogP contribution in [0, 0.1) is 11.2 Å². The molecule has 1 aromatic carbocycles. The van der Waals surface area contributed by atoms with E-state index in [1.165, 1.54) is 11.8 Å². The van der Waals surface area contributed by atoms with Crippen LogP contribution < -0.4 is 5.32 Å².